The van der Waals surface area contributed by atoms with Crippen LogP contribution in [0, 0.1) is 11.3 Å². The standard InChI is InChI=1S/C14H12F2N2O2/c15-14(16)9-19-13-4-2-1-3-12(13)18-8-11-6-5-10(7-17)20-11/h1-6,14,18H,8-9H2. The van der Waals surface area contributed by atoms with E-state index in [2.05, 4.69) is 5.32 Å². The summed E-state index contributed by atoms with van der Waals surface area (Å²) in [6.07, 6.45) is -2.52. The van der Waals surface area contributed by atoms with E-state index < -0.39 is 13.0 Å². The molecule has 0 spiro atoms. The summed E-state index contributed by atoms with van der Waals surface area (Å²) >= 11 is 0. The molecule has 1 N–H and O–H groups in total. The smallest absolute Gasteiger partial charge is 0.272 e. The number of alkyl halides is 2. The van der Waals surface area contributed by atoms with Crippen LogP contribution in [0.25, 0.3) is 0 Å². The van der Waals surface area contributed by atoms with Crippen LogP contribution in [0.3, 0.4) is 0 Å². The van der Waals surface area contributed by atoms with E-state index >= 15 is 0 Å². The third-order valence-electron chi connectivity index (χ3n) is 2.48. The van der Waals surface area contributed by atoms with Crippen LogP contribution in [0.1, 0.15) is 11.5 Å². The van der Waals surface area contributed by atoms with Crippen LogP contribution in [-0.2, 0) is 6.54 Å². The van der Waals surface area contributed by atoms with Crippen molar-refractivity contribution >= 4 is 5.69 Å². The lowest BCUT2D eigenvalue weighted by molar-refractivity contribution is 0.0822. The Kier molecular flexibility index (Phi) is 4.56. The van der Waals surface area contributed by atoms with Gasteiger partial charge in [-0.2, -0.15) is 5.26 Å². The van der Waals surface area contributed by atoms with Gasteiger partial charge in [0.1, 0.15) is 24.2 Å². The van der Waals surface area contributed by atoms with Gasteiger partial charge in [-0.15, -0.1) is 0 Å². The maximum Gasteiger partial charge on any atom is 0.272 e. The maximum atomic E-state index is 12.2. The van der Waals surface area contributed by atoms with Gasteiger partial charge in [-0.05, 0) is 24.3 Å². The van der Waals surface area contributed by atoms with Gasteiger partial charge in [-0.3, -0.25) is 0 Å². The molecule has 20 heavy (non-hydrogen) atoms. The fraction of sp³-hybridized carbons (Fsp3) is 0.214. The molecule has 4 nitrogen and oxygen atoms in total. The highest BCUT2D eigenvalue weighted by Gasteiger charge is 2.08. The zero-order valence-electron chi connectivity index (χ0n) is 10.5. The molecule has 0 saturated heterocycles. The Morgan fingerprint density at radius 2 is 2.05 bits per heavy atom. The first-order valence-corrected chi connectivity index (χ1v) is 5.91. The monoisotopic (exact) mass is 278 g/mol. The summed E-state index contributed by atoms with van der Waals surface area (Å²) in [5.41, 5.74) is 0.586. The Labute approximate surface area is 114 Å². The summed E-state index contributed by atoms with van der Waals surface area (Å²) < 4.78 is 34.5. The molecular weight excluding hydrogens is 266 g/mol. The third-order valence-corrected chi connectivity index (χ3v) is 2.48. The minimum Gasteiger partial charge on any atom is -0.485 e. The lowest BCUT2D eigenvalue weighted by atomic mass is 10.3. The van der Waals surface area contributed by atoms with Crippen molar-refractivity contribution < 1.29 is 17.9 Å². The van der Waals surface area contributed by atoms with Crippen molar-refractivity contribution in [3.8, 4) is 11.8 Å². The highest BCUT2D eigenvalue weighted by atomic mass is 19.3. The molecule has 2 aromatic rings. The Morgan fingerprint density at radius 3 is 2.75 bits per heavy atom. The summed E-state index contributed by atoms with van der Waals surface area (Å²) in [5.74, 6) is 1.15. The second-order valence-corrected chi connectivity index (χ2v) is 3.93. The van der Waals surface area contributed by atoms with Gasteiger partial charge in [0.05, 0.1) is 12.2 Å². The van der Waals surface area contributed by atoms with Crippen LogP contribution in [0.15, 0.2) is 40.8 Å². The topological polar surface area (TPSA) is 58.2 Å². The number of hydrogen-bond acceptors (Lipinski definition) is 4. The predicted molar refractivity (Wildman–Crippen MR) is 68.7 cm³/mol. The summed E-state index contributed by atoms with van der Waals surface area (Å²) in [5, 5.41) is 11.7. The third kappa shape index (κ3) is 3.72. The van der Waals surface area contributed by atoms with Crippen molar-refractivity contribution in [2.75, 3.05) is 11.9 Å². The molecule has 0 fully saturated rings. The second-order valence-electron chi connectivity index (χ2n) is 3.93. The van der Waals surface area contributed by atoms with Crippen molar-refractivity contribution in [2.24, 2.45) is 0 Å². The van der Waals surface area contributed by atoms with E-state index in [1.807, 2.05) is 6.07 Å². The highest BCUT2D eigenvalue weighted by Crippen LogP contribution is 2.25. The number of nitrogens with zero attached hydrogens (tertiary/aromatic N) is 1. The number of ether oxygens (including phenoxy) is 1. The fourth-order valence-electron chi connectivity index (χ4n) is 1.61. The summed E-state index contributed by atoms with van der Waals surface area (Å²) in [4.78, 5) is 0. The first-order valence-electron chi connectivity index (χ1n) is 5.91. The van der Waals surface area contributed by atoms with Crippen LogP contribution >= 0.6 is 0 Å². The van der Waals surface area contributed by atoms with Crippen molar-refractivity contribution in [1.29, 1.82) is 5.26 Å². The Bertz CT molecular complexity index is 605. The molecule has 6 heteroatoms. The molecule has 1 heterocycles. The predicted octanol–water partition coefficient (Wildman–Crippen LogP) is 3.41. The minimum atomic E-state index is -2.52. The first kappa shape index (κ1) is 13.9. The van der Waals surface area contributed by atoms with E-state index in [1.165, 1.54) is 0 Å². The number of nitrogens with one attached hydrogen (secondary N) is 1. The number of benzene rings is 1. The van der Waals surface area contributed by atoms with Crippen molar-refractivity contribution in [2.45, 2.75) is 13.0 Å². The number of nitriles is 1. The van der Waals surface area contributed by atoms with Crippen LogP contribution in [-0.4, -0.2) is 13.0 Å². The van der Waals surface area contributed by atoms with E-state index in [1.54, 1.807) is 36.4 Å². The van der Waals surface area contributed by atoms with Crippen LogP contribution < -0.4 is 10.1 Å². The lowest BCUT2D eigenvalue weighted by Gasteiger charge is -2.12. The molecule has 0 saturated carbocycles. The van der Waals surface area contributed by atoms with Gasteiger partial charge in [-0.25, -0.2) is 8.78 Å². The van der Waals surface area contributed by atoms with Gasteiger partial charge in [0.15, 0.2) is 0 Å². The van der Waals surface area contributed by atoms with Gasteiger partial charge in [0.2, 0.25) is 5.76 Å². The molecule has 104 valence electrons. The molecule has 0 aliphatic heterocycles. The molecular formula is C14H12F2N2O2. The van der Waals surface area contributed by atoms with E-state index in [-0.39, 0.29) is 5.76 Å². The number of halogens is 2. The molecule has 0 bridgehead atoms. The van der Waals surface area contributed by atoms with Crippen LogP contribution in [0.2, 0.25) is 0 Å². The average molecular weight is 278 g/mol. The van der Waals surface area contributed by atoms with E-state index in [9.17, 15) is 8.78 Å². The quantitative estimate of drug-likeness (QED) is 0.879. The minimum absolute atomic E-state index is 0.226. The molecule has 0 atom stereocenters. The number of rotatable bonds is 6. The van der Waals surface area contributed by atoms with Gasteiger partial charge in [0.25, 0.3) is 6.43 Å². The van der Waals surface area contributed by atoms with E-state index in [0.29, 0.717) is 23.7 Å². The number of anilines is 1. The summed E-state index contributed by atoms with van der Waals surface area (Å²) in [6, 6.07) is 11.9. The second kappa shape index (κ2) is 6.57. The maximum absolute atomic E-state index is 12.2. The normalized spacial score (nSPS) is 10.3. The number of para-hydroxylation sites is 2. The van der Waals surface area contributed by atoms with Crippen molar-refractivity contribution in [3.05, 3.63) is 47.9 Å². The SMILES string of the molecule is N#Cc1ccc(CNc2ccccc2OCC(F)F)o1. The van der Waals surface area contributed by atoms with E-state index in [0.717, 1.165) is 0 Å². The zero-order valence-corrected chi connectivity index (χ0v) is 10.5. The van der Waals surface area contributed by atoms with Crippen molar-refractivity contribution in [3.63, 3.8) is 0 Å². The summed E-state index contributed by atoms with van der Waals surface area (Å²) in [7, 11) is 0. The van der Waals surface area contributed by atoms with Gasteiger partial charge >= 0.3 is 0 Å². The fourth-order valence-corrected chi connectivity index (χ4v) is 1.61. The molecule has 0 amide bonds. The van der Waals surface area contributed by atoms with Crippen molar-refractivity contribution in [1.82, 2.24) is 0 Å². The molecule has 0 unspecified atom stereocenters. The van der Waals surface area contributed by atoms with E-state index in [4.69, 9.17) is 14.4 Å². The van der Waals surface area contributed by atoms with Crippen LogP contribution in [0.4, 0.5) is 14.5 Å². The van der Waals surface area contributed by atoms with Gasteiger partial charge < -0.3 is 14.5 Å². The Morgan fingerprint density at radius 1 is 1.25 bits per heavy atom. The molecule has 0 aliphatic rings. The van der Waals surface area contributed by atoms with Crippen LogP contribution in [0.5, 0.6) is 5.75 Å². The van der Waals surface area contributed by atoms with Gasteiger partial charge in [-0.1, -0.05) is 12.1 Å². The molecule has 1 aromatic carbocycles. The Hall–Kier alpha value is -2.55. The number of furan rings is 1. The first-order chi connectivity index (χ1) is 9.69. The summed E-state index contributed by atoms with van der Waals surface area (Å²) in [6.45, 7) is -0.325. The molecule has 1 aromatic heterocycles. The molecule has 2 rings (SSSR count). The average Bonchev–Trinajstić information content (AvgIpc) is 2.91. The Balaban J connectivity index is 2.00. The zero-order chi connectivity index (χ0) is 14.4. The highest BCUT2D eigenvalue weighted by molar-refractivity contribution is 5.56. The molecule has 0 radical (unpaired) electrons. The lowest BCUT2D eigenvalue weighted by Crippen LogP contribution is -2.09. The largest absolute Gasteiger partial charge is 0.485 e. The number of hydrogen-bond donors (Lipinski definition) is 1. The molecule has 0 aliphatic carbocycles. The van der Waals surface area contributed by atoms with Gasteiger partial charge in [0, 0.05) is 0 Å².